The molecule has 0 N–H and O–H groups in total. The number of sulfonamides is 1. The zero-order valence-corrected chi connectivity index (χ0v) is 19.6. The number of amides is 1. The van der Waals surface area contributed by atoms with Gasteiger partial charge in [0.2, 0.25) is 15.9 Å². The average molecular weight is 469 g/mol. The summed E-state index contributed by atoms with van der Waals surface area (Å²) < 4.78 is 51.1. The first-order valence-electron chi connectivity index (χ1n) is 10.4. The van der Waals surface area contributed by atoms with Crippen LogP contribution in [0, 0.1) is 19.7 Å². The van der Waals surface area contributed by atoms with Gasteiger partial charge in [0.15, 0.2) is 17.3 Å². The van der Waals surface area contributed by atoms with Crippen molar-refractivity contribution >= 4 is 15.9 Å². The molecule has 0 unspecified atom stereocenters. The molecule has 1 aromatic carbocycles. The maximum Gasteiger partial charge on any atom is 0.248 e. The Labute approximate surface area is 187 Å². The van der Waals surface area contributed by atoms with Crippen molar-refractivity contribution in [3.05, 3.63) is 41.0 Å². The summed E-state index contributed by atoms with van der Waals surface area (Å²) in [5.41, 5.74) is 1.07. The van der Waals surface area contributed by atoms with E-state index in [-0.39, 0.29) is 41.9 Å². The van der Waals surface area contributed by atoms with Crippen LogP contribution in [0.2, 0.25) is 0 Å². The van der Waals surface area contributed by atoms with Crippen LogP contribution in [-0.2, 0) is 21.4 Å². The predicted molar refractivity (Wildman–Crippen MR) is 115 cm³/mol. The van der Waals surface area contributed by atoms with E-state index in [0.717, 1.165) is 5.56 Å². The predicted octanol–water partition coefficient (Wildman–Crippen LogP) is 1.79. The molecule has 0 spiro atoms. The summed E-state index contributed by atoms with van der Waals surface area (Å²) in [6.07, 6.45) is 0. The monoisotopic (exact) mass is 468 g/mol. The molecule has 1 aromatic heterocycles. The first kappa shape index (κ1) is 24.1. The first-order valence-corrected chi connectivity index (χ1v) is 11.9. The topological polar surface area (TPSA) is 96.2 Å². The van der Waals surface area contributed by atoms with Crippen molar-refractivity contribution in [3.63, 3.8) is 0 Å². The Morgan fingerprint density at radius 1 is 1.25 bits per heavy atom. The van der Waals surface area contributed by atoms with E-state index >= 15 is 0 Å². The van der Waals surface area contributed by atoms with Crippen LogP contribution in [0.15, 0.2) is 27.6 Å². The highest BCUT2D eigenvalue weighted by Gasteiger charge is 2.34. The number of hydrogen-bond acceptors (Lipinski definition) is 7. The summed E-state index contributed by atoms with van der Waals surface area (Å²) in [6, 6.07) is 4.75. The fourth-order valence-corrected chi connectivity index (χ4v) is 5.50. The SMILES string of the molecule is CCN(CC(=O)N1CCN(S(=O)(=O)c2c(C)noc2C)CC1)Cc1ccc(OC)c(F)c1. The zero-order valence-electron chi connectivity index (χ0n) is 18.8. The van der Waals surface area contributed by atoms with Crippen LogP contribution in [0.3, 0.4) is 0 Å². The number of rotatable bonds is 8. The van der Waals surface area contributed by atoms with Gasteiger partial charge in [0, 0.05) is 32.7 Å². The third-order valence-electron chi connectivity index (χ3n) is 5.59. The highest BCUT2D eigenvalue weighted by Crippen LogP contribution is 2.24. The third kappa shape index (κ3) is 5.11. The number of piperazine rings is 1. The van der Waals surface area contributed by atoms with Gasteiger partial charge in [-0.1, -0.05) is 18.1 Å². The Balaban J connectivity index is 1.58. The summed E-state index contributed by atoms with van der Waals surface area (Å²) in [5.74, 6) is -0.0925. The van der Waals surface area contributed by atoms with Gasteiger partial charge < -0.3 is 14.2 Å². The molecular formula is C21H29FN4O5S. The molecule has 0 bridgehead atoms. The summed E-state index contributed by atoms with van der Waals surface area (Å²) in [5, 5.41) is 3.73. The number of likely N-dealkylation sites (N-methyl/N-ethyl adjacent to an activating group) is 1. The first-order chi connectivity index (χ1) is 15.2. The standard InChI is InChI=1S/C21H29FN4O5S/c1-5-24(13-17-6-7-19(30-4)18(22)12-17)14-20(27)25-8-10-26(11-9-25)32(28,29)21-15(2)23-31-16(21)3/h6-7,12H,5,8-11,13-14H2,1-4H3. The minimum Gasteiger partial charge on any atom is -0.494 e. The molecule has 1 fully saturated rings. The Morgan fingerprint density at radius 2 is 1.94 bits per heavy atom. The third-order valence-corrected chi connectivity index (χ3v) is 7.73. The average Bonchev–Trinajstić information content (AvgIpc) is 3.12. The van der Waals surface area contributed by atoms with Crippen molar-refractivity contribution in [2.45, 2.75) is 32.2 Å². The number of carbonyl (C=O) groups excluding carboxylic acids is 1. The maximum absolute atomic E-state index is 14.0. The molecule has 0 radical (unpaired) electrons. The van der Waals surface area contributed by atoms with E-state index < -0.39 is 15.8 Å². The largest absolute Gasteiger partial charge is 0.494 e. The van der Waals surface area contributed by atoms with Crippen LogP contribution >= 0.6 is 0 Å². The molecule has 0 aliphatic carbocycles. The van der Waals surface area contributed by atoms with Gasteiger partial charge in [0.25, 0.3) is 0 Å². The Morgan fingerprint density at radius 3 is 2.47 bits per heavy atom. The van der Waals surface area contributed by atoms with Gasteiger partial charge in [-0.25, -0.2) is 12.8 Å². The molecule has 0 atom stereocenters. The molecule has 1 amide bonds. The normalized spacial score (nSPS) is 15.4. The number of carbonyl (C=O) groups is 1. The fraction of sp³-hybridized carbons (Fsp3) is 0.524. The smallest absolute Gasteiger partial charge is 0.248 e. The van der Waals surface area contributed by atoms with Crippen molar-refractivity contribution in [1.29, 1.82) is 0 Å². The molecule has 2 heterocycles. The number of aryl methyl sites for hydroxylation is 2. The summed E-state index contributed by atoms with van der Waals surface area (Å²) in [7, 11) is -2.31. The van der Waals surface area contributed by atoms with E-state index in [9.17, 15) is 17.6 Å². The second-order valence-corrected chi connectivity index (χ2v) is 9.59. The molecule has 9 nitrogen and oxygen atoms in total. The van der Waals surface area contributed by atoms with Crippen LogP contribution in [0.5, 0.6) is 5.75 Å². The highest BCUT2D eigenvalue weighted by atomic mass is 32.2. The van der Waals surface area contributed by atoms with Gasteiger partial charge in [-0.15, -0.1) is 0 Å². The van der Waals surface area contributed by atoms with Crippen LogP contribution in [-0.4, -0.2) is 80.0 Å². The van der Waals surface area contributed by atoms with Gasteiger partial charge >= 0.3 is 0 Å². The number of nitrogens with zero attached hydrogens (tertiary/aromatic N) is 4. The van der Waals surface area contributed by atoms with Crippen LogP contribution in [0.1, 0.15) is 23.9 Å². The van der Waals surface area contributed by atoms with E-state index in [1.807, 2.05) is 11.8 Å². The van der Waals surface area contributed by atoms with Gasteiger partial charge in [0.1, 0.15) is 10.6 Å². The van der Waals surface area contributed by atoms with Crippen molar-refractivity contribution in [2.24, 2.45) is 0 Å². The van der Waals surface area contributed by atoms with Gasteiger partial charge in [-0.2, -0.15) is 4.31 Å². The maximum atomic E-state index is 14.0. The molecule has 3 rings (SSSR count). The van der Waals surface area contributed by atoms with Crippen molar-refractivity contribution in [1.82, 2.24) is 19.3 Å². The highest BCUT2D eigenvalue weighted by molar-refractivity contribution is 7.89. The molecule has 176 valence electrons. The molecule has 1 saturated heterocycles. The van der Waals surface area contributed by atoms with Crippen molar-refractivity contribution in [3.8, 4) is 5.75 Å². The van der Waals surface area contributed by atoms with E-state index in [1.54, 1.807) is 30.9 Å². The molecule has 11 heteroatoms. The summed E-state index contributed by atoms with van der Waals surface area (Å²) in [4.78, 5) is 16.5. The second-order valence-electron chi connectivity index (χ2n) is 7.71. The van der Waals surface area contributed by atoms with Gasteiger partial charge in [0.05, 0.1) is 13.7 Å². The Hall–Kier alpha value is -2.50. The number of halogens is 1. The molecular weight excluding hydrogens is 439 g/mol. The number of ether oxygens (including phenoxy) is 1. The molecule has 1 aliphatic rings. The molecule has 32 heavy (non-hydrogen) atoms. The lowest BCUT2D eigenvalue weighted by Crippen LogP contribution is -2.52. The van der Waals surface area contributed by atoms with Crippen LogP contribution in [0.25, 0.3) is 0 Å². The minimum atomic E-state index is -3.72. The number of methoxy groups -OCH3 is 1. The lowest BCUT2D eigenvalue weighted by molar-refractivity contribution is -0.133. The van der Waals surface area contributed by atoms with E-state index in [1.165, 1.54) is 17.5 Å². The Kier molecular flexibility index (Phi) is 7.52. The molecule has 2 aromatic rings. The minimum absolute atomic E-state index is 0.0878. The molecule has 1 aliphatic heterocycles. The number of hydrogen-bond donors (Lipinski definition) is 0. The van der Waals surface area contributed by atoms with Crippen molar-refractivity contribution in [2.75, 3.05) is 46.4 Å². The number of benzene rings is 1. The van der Waals surface area contributed by atoms with E-state index in [4.69, 9.17) is 9.26 Å². The summed E-state index contributed by atoms with van der Waals surface area (Å²) in [6.45, 7) is 7.30. The second kappa shape index (κ2) is 9.97. The van der Waals surface area contributed by atoms with E-state index in [2.05, 4.69) is 5.16 Å². The summed E-state index contributed by atoms with van der Waals surface area (Å²) >= 11 is 0. The van der Waals surface area contributed by atoms with Crippen LogP contribution in [0.4, 0.5) is 4.39 Å². The number of aromatic nitrogens is 1. The lowest BCUT2D eigenvalue weighted by Gasteiger charge is -2.35. The Bertz CT molecular complexity index is 1040. The van der Waals surface area contributed by atoms with E-state index in [0.29, 0.717) is 31.9 Å². The quantitative estimate of drug-likeness (QED) is 0.583. The zero-order chi connectivity index (χ0) is 23.5. The fourth-order valence-electron chi connectivity index (χ4n) is 3.79. The molecule has 0 saturated carbocycles. The van der Waals surface area contributed by atoms with Gasteiger partial charge in [-0.3, -0.25) is 9.69 Å². The van der Waals surface area contributed by atoms with Crippen LogP contribution < -0.4 is 4.74 Å². The van der Waals surface area contributed by atoms with Gasteiger partial charge in [-0.05, 0) is 38.1 Å². The van der Waals surface area contributed by atoms with Crippen molar-refractivity contribution < 1.29 is 26.9 Å². The lowest BCUT2D eigenvalue weighted by atomic mass is 10.2.